The van der Waals surface area contributed by atoms with Gasteiger partial charge in [-0.25, -0.2) is 8.42 Å². The molecule has 4 rings (SSSR count). The highest BCUT2D eigenvalue weighted by atomic mass is 32.2. The fraction of sp³-hybridized carbons (Fsp3) is 0.190. The number of nitro benzene ring substituents is 1. The Bertz CT molecular complexity index is 1280. The maximum absolute atomic E-state index is 13.1. The van der Waals surface area contributed by atoms with Gasteiger partial charge in [0.2, 0.25) is 10.0 Å². The SMILES string of the molecule is N#Cc1ccc(N2CCN(S(=O)(=O)c3ccc4ccccc4c3)CC2)c([N+](=O)[O-])c1. The molecule has 0 aromatic heterocycles. The lowest BCUT2D eigenvalue weighted by Gasteiger charge is -2.35. The molecule has 1 aliphatic heterocycles. The van der Waals surface area contributed by atoms with E-state index >= 15 is 0 Å². The number of anilines is 1. The third-order valence-corrected chi connectivity index (χ3v) is 7.13. The summed E-state index contributed by atoms with van der Waals surface area (Å²) in [5.74, 6) is 0. The van der Waals surface area contributed by atoms with Gasteiger partial charge in [0, 0.05) is 32.2 Å². The Kier molecular flexibility index (Phi) is 5.11. The third-order valence-electron chi connectivity index (χ3n) is 5.24. The highest BCUT2D eigenvalue weighted by Gasteiger charge is 2.31. The van der Waals surface area contributed by atoms with E-state index in [1.807, 2.05) is 30.3 Å². The van der Waals surface area contributed by atoms with Crippen molar-refractivity contribution in [3.05, 3.63) is 76.3 Å². The minimum atomic E-state index is -3.67. The molecule has 1 aliphatic rings. The Hall–Kier alpha value is -3.48. The van der Waals surface area contributed by atoms with Crippen molar-refractivity contribution in [2.24, 2.45) is 0 Å². The number of fused-ring (bicyclic) bond motifs is 1. The van der Waals surface area contributed by atoms with Crippen LogP contribution in [0.5, 0.6) is 0 Å². The molecule has 0 radical (unpaired) electrons. The van der Waals surface area contributed by atoms with Crippen molar-refractivity contribution >= 4 is 32.2 Å². The van der Waals surface area contributed by atoms with E-state index in [2.05, 4.69) is 0 Å². The number of nitrogens with zero attached hydrogens (tertiary/aromatic N) is 4. The minimum Gasteiger partial charge on any atom is -0.363 e. The van der Waals surface area contributed by atoms with Gasteiger partial charge in [0.05, 0.1) is 21.5 Å². The molecule has 0 atom stereocenters. The summed E-state index contributed by atoms with van der Waals surface area (Å²) >= 11 is 0. The lowest BCUT2D eigenvalue weighted by Crippen LogP contribution is -2.48. The number of sulfonamides is 1. The molecule has 9 heteroatoms. The van der Waals surface area contributed by atoms with Crippen LogP contribution in [0.4, 0.5) is 11.4 Å². The van der Waals surface area contributed by atoms with Crippen LogP contribution in [0.2, 0.25) is 0 Å². The van der Waals surface area contributed by atoms with E-state index in [9.17, 15) is 18.5 Å². The zero-order chi connectivity index (χ0) is 21.3. The number of nitriles is 1. The fourth-order valence-corrected chi connectivity index (χ4v) is 5.11. The summed E-state index contributed by atoms with van der Waals surface area (Å²) in [7, 11) is -3.67. The topological polar surface area (TPSA) is 108 Å². The number of nitro groups is 1. The van der Waals surface area contributed by atoms with Gasteiger partial charge in [0.1, 0.15) is 5.69 Å². The van der Waals surface area contributed by atoms with Crippen LogP contribution in [-0.4, -0.2) is 43.8 Å². The number of piperazine rings is 1. The van der Waals surface area contributed by atoms with E-state index in [4.69, 9.17) is 5.26 Å². The van der Waals surface area contributed by atoms with Crippen molar-refractivity contribution in [2.45, 2.75) is 4.90 Å². The average Bonchev–Trinajstić information content (AvgIpc) is 2.78. The first kappa shape index (κ1) is 19.8. The molecule has 1 heterocycles. The normalized spacial score (nSPS) is 15.1. The van der Waals surface area contributed by atoms with Crippen molar-refractivity contribution in [1.82, 2.24) is 4.31 Å². The largest absolute Gasteiger partial charge is 0.363 e. The van der Waals surface area contributed by atoms with Gasteiger partial charge in [-0.2, -0.15) is 9.57 Å². The van der Waals surface area contributed by atoms with Crippen molar-refractivity contribution in [3.8, 4) is 6.07 Å². The van der Waals surface area contributed by atoms with Gasteiger partial charge in [0.25, 0.3) is 5.69 Å². The lowest BCUT2D eigenvalue weighted by atomic mass is 10.1. The molecule has 8 nitrogen and oxygen atoms in total. The predicted molar refractivity (Wildman–Crippen MR) is 113 cm³/mol. The highest BCUT2D eigenvalue weighted by Crippen LogP contribution is 2.31. The zero-order valence-electron chi connectivity index (χ0n) is 15.9. The van der Waals surface area contributed by atoms with Crippen LogP contribution < -0.4 is 4.90 Å². The average molecular weight is 422 g/mol. The summed E-state index contributed by atoms with van der Waals surface area (Å²) in [6.07, 6.45) is 0. The molecule has 1 fully saturated rings. The second kappa shape index (κ2) is 7.74. The van der Waals surface area contributed by atoms with Gasteiger partial charge in [-0.1, -0.05) is 30.3 Å². The summed E-state index contributed by atoms with van der Waals surface area (Å²) in [6, 6.07) is 18.8. The van der Waals surface area contributed by atoms with Crippen molar-refractivity contribution in [1.29, 1.82) is 5.26 Å². The smallest absolute Gasteiger partial charge is 0.293 e. The monoisotopic (exact) mass is 422 g/mol. The Morgan fingerprint density at radius 2 is 1.63 bits per heavy atom. The van der Waals surface area contributed by atoms with Crippen LogP contribution in [0, 0.1) is 21.4 Å². The van der Waals surface area contributed by atoms with Crippen LogP contribution in [-0.2, 0) is 10.0 Å². The van der Waals surface area contributed by atoms with E-state index in [-0.39, 0.29) is 29.2 Å². The molecule has 152 valence electrons. The maximum Gasteiger partial charge on any atom is 0.293 e. The summed E-state index contributed by atoms with van der Waals surface area (Å²) in [5, 5.41) is 22.2. The molecule has 3 aromatic carbocycles. The van der Waals surface area contributed by atoms with Crippen LogP contribution in [0.25, 0.3) is 10.8 Å². The van der Waals surface area contributed by atoms with Crippen LogP contribution in [0.15, 0.2) is 65.6 Å². The molecule has 0 saturated carbocycles. The molecular weight excluding hydrogens is 404 g/mol. The molecule has 0 aliphatic carbocycles. The molecule has 0 N–H and O–H groups in total. The summed E-state index contributed by atoms with van der Waals surface area (Å²) in [5.41, 5.74) is 0.449. The standard InChI is InChI=1S/C21H18N4O4S/c22-15-16-5-8-20(21(13-16)25(26)27)23-9-11-24(12-10-23)30(28,29)19-7-6-17-3-1-2-4-18(17)14-19/h1-8,13-14H,9-12H2. The lowest BCUT2D eigenvalue weighted by molar-refractivity contribution is -0.384. The van der Waals surface area contributed by atoms with Gasteiger partial charge in [-0.3, -0.25) is 10.1 Å². The zero-order valence-corrected chi connectivity index (χ0v) is 16.7. The molecule has 0 amide bonds. The molecule has 0 unspecified atom stereocenters. The first-order valence-corrected chi connectivity index (χ1v) is 10.8. The molecule has 0 spiro atoms. The van der Waals surface area contributed by atoms with E-state index in [0.717, 1.165) is 10.8 Å². The Labute approximate surface area is 173 Å². The van der Waals surface area contributed by atoms with Crippen LogP contribution in [0.1, 0.15) is 5.56 Å². The van der Waals surface area contributed by atoms with Crippen LogP contribution in [0.3, 0.4) is 0 Å². The van der Waals surface area contributed by atoms with E-state index in [0.29, 0.717) is 18.8 Å². The van der Waals surface area contributed by atoms with Crippen molar-refractivity contribution in [2.75, 3.05) is 31.1 Å². The van der Waals surface area contributed by atoms with Gasteiger partial charge in [-0.15, -0.1) is 0 Å². The minimum absolute atomic E-state index is 0.153. The fourth-order valence-electron chi connectivity index (χ4n) is 3.65. The van der Waals surface area contributed by atoms with Gasteiger partial charge >= 0.3 is 0 Å². The molecular formula is C21H18N4O4S. The second-order valence-electron chi connectivity index (χ2n) is 6.97. The van der Waals surface area contributed by atoms with Crippen molar-refractivity contribution < 1.29 is 13.3 Å². The van der Waals surface area contributed by atoms with Crippen LogP contribution >= 0.6 is 0 Å². The first-order chi connectivity index (χ1) is 14.4. The maximum atomic E-state index is 13.1. The highest BCUT2D eigenvalue weighted by molar-refractivity contribution is 7.89. The summed E-state index contributed by atoms with van der Waals surface area (Å²) in [4.78, 5) is 12.9. The van der Waals surface area contributed by atoms with Gasteiger partial charge in [-0.05, 0) is 35.0 Å². The van der Waals surface area contributed by atoms with E-state index < -0.39 is 14.9 Å². The molecule has 0 bridgehead atoms. The van der Waals surface area contributed by atoms with E-state index in [1.165, 1.54) is 16.4 Å². The third kappa shape index (κ3) is 3.58. The first-order valence-electron chi connectivity index (χ1n) is 9.32. The van der Waals surface area contributed by atoms with E-state index in [1.54, 1.807) is 29.2 Å². The van der Waals surface area contributed by atoms with Gasteiger partial charge in [0.15, 0.2) is 0 Å². The second-order valence-corrected chi connectivity index (χ2v) is 8.91. The Morgan fingerprint density at radius 3 is 2.30 bits per heavy atom. The molecule has 1 saturated heterocycles. The van der Waals surface area contributed by atoms with Gasteiger partial charge < -0.3 is 4.90 Å². The Morgan fingerprint density at radius 1 is 0.933 bits per heavy atom. The van der Waals surface area contributed by atoms with Crippen molar-refractivity contribution in [3.63, 3.8) is 0 Å². The quantitative estimate of drug-likeness (QED) is 0.472. The summed E-state index contributed by atoms with van der Waals surface area (Å²) < 4.78 is 27.6. The number of benzene rings is 3. The Balaban J connectivity index is 1.55. The molecule has 30 heavy (non-hydrogen) atoms. The number of hydrogen-bond donors (Lipinski definition) is 0. The summed E-state index contributed by atoms with van der Waals surface area (Å²) in [6.45, 7) is 1.07. The predicted octanol–water partition coefficient (Wildman–Crippen LogP) is 3.13. The molecule has 3 aromatic rings. The number of rotatable bonds is 4. The number of hydrogen-bond acceptors (Lipinski definition) is 6.